The summed E-state index contributed by atoms with van der Waals surface area (Å²) >= 11 is 3.55. The predicted molar refractivity (Wildman–Crippen MR) is 132 cm³/mol. The smallest absolute Gasteiger partial charge is 0.155 e. The minimum atomic E-state index is 0.405. The summed E-state index contributed by atoms with van der Waals surface area (Å²) in [5.74, 6) is 0.630. The molecule has 1 saturated heterocycles. The molecule has 1 fully saturated rings. The highest BCUT2D eigenvalue weighted by Crippen LogP contribution is 2.44. The Balaban J connectivity index is 1.29. The van der Waals surface area contributed by atoms with E-state index < -0.39 is 0 Å². The van der Waals surface area contributed by atoms with Crippen LogP contribution in [-0.4, -0.2) is 34.0 Å². The number of thiazole rings is 2. The number of benzene rings is 1. The van der Waals surface area contributed by atoms with Crippen molar-refractivity contribution in [2.45, 2.75) is 38.3 Å². The van der Waals surface area contributed by atoms with Crippen molar-refractivity contribution in [3.8, 4) is 0 Å². The van der Waals surface area contributed by atoms with Crippen LogP contribution in [0.25, 0.3) is 15.4 Å². The number of anilines is 1. The van der Waals surface area contributed by atoms with Crippen LogP contribution in [-0.2, 0) is 0 Å². The molecule has 3 aromatic rings. The van der Waals surface area contributed by atoms with Crippen molar-refractivity contribution in [2.75, 3.05) is 18.0 Å². The molecule has 3 aliphatic rings. The van der Waals surface area contributed by atoms with Crippen LogP contribution in [0.2, 0.25) is 0 Å². The highest BCUT2D eigenvalue weighted by atomic mass is 32.1. The number of para-hydroxylation sites is 1. The molecule has 1 aromatic carbocycles. The molecule has 0 bridgehead atoms. The van der Waals surface area contributed by atoms with Gasteiger partial charge in [0.25, 0.3) is 0 Å². The Labute approximate surface area is 191 Å². The van der Waals surface area contributed by atoms with E-state index in [1.807, 2.05) is 0 Å². The Morgan fingerprint density at radius 2 is 1.87 bits per heavy atom. The fourth-order valence-electron chi connectivity index (χ4n) is 5.08. The third-order valence-electron chi connectivity index (χ3n) is 6.64. The zero-order valence-corrected chi connectivity index (χ0v) is 19.3. The van der Waals surface area contributed by atoms with Gasteiger partial charge < -0.3 is 4.90 Å². The quantitative estimate of drug-likeness (QED) is 0.473. The van der Waals surface area contributed by atoms with Crippen LogP contribution in [0.1, 0.15) is 42.2 Å². The van der Waals surface area contributed by atoms with Gasteiger partial charge >= 0.3 is 0 Å². The Bertz CT molecular complexity index is 1140. The number of rotatable bonds is 4. The van der Waals surface area contributed by atoms with Gasteiger partial charge in [-0.15, -0.1) is 0 Å². The molecule has 3 atom stereocenters. The van der Waals surface area contributed by atoms with Gasteiger partial charge in [-0.1, -0.05) is 78.2 Å². The summed E-state index contributed by atoms with van der Waals surface area (Å²) in [7, 11) is 0. The number of allylic oxidation sites excluding steroid dienone is 2. The fourth-order valence-corrected chi connectivity index (χ4v) is 7.43. The van der Waals surface area contributed by atoms with Crippen LogP contribution < -0.4 is 4.90 Å². The normalized spacial score (nSPS) is 26.3. The molecule has 31 heavy (non-hydrogen) atoms. The van der Waals surface area contributed by atoms with Gasteiger partial charge in [-0.05, 0) is 43.9 Å². The van der Waals surface area contributed by atoms with Crippen molar-refractivity contribution >= 4 is 43.7 Å². The number of aromatic nitrogens is 2. The predicted octanol–water partition coefficient (Wildman–Crippen LogP) is 6.27. The van der Waals surface area contributed by atoms with E-state index in [0.29, 0.717) is 18.0 Å². The van der Waals surface area contributed by atoms with Crippen LogP contribution >= 0.6 is 22.7 Å². The number of hydrogen-bond acceptors (Lipinski definition) is 6. The molecular formula is C25H26N4S2. The minimum absolute atomic E-state index is 0.405. The molecule has 158 valence electrons. The molecule has 4 heterocycles. The molecule has 0 spiro atoms. The summed E-state index contributed by atoms with van der Waals surface area (Å²) in [4.78, 5) is 17.4. The van der Waals surface area contributed by atoms with Crippen LogP contribution in [0.5, 0.6) is 0 Å². The lowest BCUT2D eigenvalue weighted by Gasteiger charge is -2.31. The van der Waals surface area contributed by atoms with Gasteiger partial charge in [-0.3, -0.25) is 4.90 Å². The Hall–Kier alpha value is -2.28. The lowest BCUT2D eigenvalue weighted by atomic mass is 10.0. The lowest BCUT2D eigenvalue weighted by molar-refractivity contribution is 0.193. The van der Waals surface area contributed by atoms with Crippen molar-refractivity contribution in [1.29, 1.82) is 0 Å². The first-order valence-electron chi connectivity index (χ1n) is 11.2. The van der Waals surface area contributed by atoms with Crippen molar-refractivity contribution in [1.82, 2.24) is 14.9 Å². The second-order valence-corrected chi connectivity index (χ2v) is 10.6. The van der Waals surface area contributed by atoms with Gasteiger partial charge in [-0.2, -0.15) is 0 Å². The molecule has 3 unspecified atom stereocenters. The molecule has 4 nitrogen and oxygen atoms in total. The second-order valence-electron chi connectivity index (χ2n) is 8.61. The van der Waals surface area contributed by atoms with E-state index >= 15 is 0 Å². The molecule has 2 aromatic heterocycles. The third kappa shape index (κ3) is 3.47. The molecular weight excluding hydrogens is 420 g/mol. The first-order chi connectivity index (χ1) is 15.3. The molecule has 0 saturated carbocycles. The van der Waals surface area contributed by atoms with Gasteiger partial charge in [-0.25, -0.2) is 9.97 Å². The van der Waals surface area contributed by atoms with Gasteiger partial charge in [0.2, 0.25) is 0 Å². The Morgan fingerprint density at radius 3 is 2.68 bits per heavy atom. The van der Waals surface area contributed by atoms with E-state index in [4.69, 9.17) is 9.97 Å². The third-order valence-corrected chi connectivity index (χ3v) is 8.76. The first kappa shape index (κ1) is 19.4. The van der Waals surface area contributed by atoms with Gasteiger partial charge in [0.1, 0.15) is 10.0 Å². The van der Waals surface area contributed by atoms with Crippen molar-refractivity contribution in [3.63, 3.8) is 0 Å². The highest BCUT2D eigenvalue weighted by molar-refractivity contribution is 7.26. The zero-order valence-electron chi connectivity index (χ0n) is 17.6. The molecule has 0 N–H and O–H groups in total. The summed E-state index contributed by atoms with van der Waals surface area (Å²) in [6.45, 7) is 4.55. The van der Waals surface area contributed by atoms with Gasteiger partial charge in [0.05, 0.1) is 11.7 Å². The Morgan fingerprint density at radius 1 is 1.00 bits per heavy atom. The maximum absolute atomic E-state index is 5.13. The molecule has 2 aliphatic heterocycles. The van der Waals surface area contributed by atoms with Crippen LogP contribution in [0.15, 0.2) is 60.7 Å². The van der Waals surface area contributed by atoms with Gasteiger partial charge in [0.15, 0.2) is 9.66 Å². The topological polar surface area (TPSA) is 32.3 Å². The van der Waals surface area contributed by atoms with Crippen LogP contribution in [0, 0.1) is 5.92 Å². The van der Waals surface area contributed by atoms with E-state index in [2.05, 4.69) is 77.4 Å². The van der Waals surface area contributed by atoms with E-state index in [9.17, 15) is 0 Å². The molecule has 0 radical (unpaired) electrons. The Kier molecular flexibility index (Phi) is 5.01. The van der Waals surface area contributed by atoms with E-state index in [0.717, 1.165) is 40.6 Å². The summed E-state index contributed by atoms with van der Waals surface area (Å²) < 4.78 is 0. The summed E-state index contributed by atoms with van der Waals surface area (Å²) in [6.07, 6.45) is 14.7. The second kappa shape index (κ2) is 8.01. The van der Waals surface area contributed by atoms with E-state index in [-0.39, 0.29) is 0 Å². The van der Waals surface area contributed by atoms with E-state index in [1.54, 1.807) is 22.7 Å². The molecule has 1 aliphatic carbocycles. The fraction of sp³-hybridized carbons (Fsp3) is 0.360. The summed E-state index contributed by atoms with van der Waals surface area (Å²) in [6, 6.07) is 11.5. The highest BCUT2D eigenvalue weighted by Gasteiger charge is 2.38. The largest absolute Gasteiger partial charge is 0.339 e. The van der Waals surface area contributed by atoms with Crippen molar-refractivity contribution < 1.29 is 0 Å². The minimum Gasteiger partial charge on any atom is -0.339 e. The maximum Gasteiger partial charge on any atom is 0.155 e. The SMILES string of the molecule is CC1CCN(C2C=CC=CC2)C1c1nc2sc(C3=CCCN3c3ccccc3)nc2s1. The van der Waals surface area contributed by atoms with Crippen LogP contribution in [0.4, 0.5) is 5.69 Å². The molecule has 6 rings (SSSR count). The first-order valence-corrected chi connectivity index (χ1v) is 12.8. The average molecular weight is 447 g/mol. The number of fused-ring (bicyclic) bond motifs is 1. The number of hydrogen-bond donors (Lipinski definition) is 0. The van der Waals surface area contributed by atoms with Crippen molar-refractivity contribution in [3.05, 3.63) is 70.7 Å². The van der Waals surface area contributed by atoms with Crippen molar-refractivity contribution in [2.24, 2.45) is 5.92 Å². The zero-order chi connectivity index (χ0) is 20.8. The molecule has 6 heteroatoms. The van der Waals surface area contributed by atoms with Crippen LogP contribution in [0.3, 0.4) is 0 Å². The number of likely N-dealkylation sites (tertiary alicyclic amines) is 1. The standard InChI is InChI=1S/C25H26N4S2/c1-17-14-16-29(19-11-6-3-7-12-19)21(17)23-27-25-24(31-23)26-22(30-25)20-13-8-15-28(20)18-9-4-2-5-10-18/h2-7,9-11,13,17,19,21H,8,12,14-16H2,1H3. The van der Waals surface area contributed by atoms with Gasteiger partial charge in [0, 0.05) is 18.3 Å². The average Bonchev–Trinajstić information content (AvgIpc) is 3.57. The van der Waals surface area contributed by atoms with E-state index in [1.165, 1.54) is 22.8 Å². The molecule has 0 amide bonds. The lowest BCUT2D eigenvalue weighted by Crippen LogP contribution is -2.34. The number of nitrogens with zero attached hydrogens (tertiary/aromatic N) is 4. The maximum atomic E-state index is 5.13. The monoisotopic (exact) mass is 446 g/mol. The summed E-state index contributed by atoms with van der Waals surface area (Å²) in [5, 5.41) is 2.34. The summed E-state index contributed by atoms with van der Waals surface area (Å²) in [5.41, 5.74) is 2.47.